The van der Waals surface area contributed by atoms with Gasteiger partial charge in [-0.15, -0.1) is 0 Å². The minimum absolute atomic E-state index is 0.0190. The molecule has 1 N–H and O–H groups in total. The molecule has 1 aromatic heterocycles. The SMILES string of the molecule is CCCCCCCCCCCCCCC(=O)c1c(C)oc(CC)c1O. The number of rotatable bonds is 15. The highest BCUT2D eigenvalue weighted by Crippen LogP contribution is 2.30. The molecule has 0 spiro atoms. The topological polar surface area (TPSA) is 50.4 Å². The Bertz CT molecular complexity index is 488. The minimum Gasteiger partial charge on any atom is -0.504 e. The molecule has 25 heavy (non-hydrogen) atoms. The van der Waals surface area contributed by atoms with Crippen LogP contribution in [0.25, 0.3) is 0 Å². The fraction of sp³-hybridized carbons (Fsp3) is 0.773. The molecule has 0 bridgehead atoms. The largest absolute Gasteiger partial charge is 0.504 e. The predicted molar refractivity (Wildman–Crippen MR) is 105 cm³/mol. The molecule has 0 atom stereocenters. The van der Waals surface area contributed by atoms with Gasteiger partial charge in [-0.05, 0) is 13.3 Å². The Morgan fingerprint density at radius 1 is 0.840 bits per heavy atom. The van der Waals surface area contributed by atoms with Crippen molar-refractivity contribution < 1.29 is 14.3 Å². The van der Waals surface area contributed by atoms with E-state index in [1.54, 1.807) is 6.92 Å². The quantitative estimate of drug-likeness (QED) is 0.270. The lowest BCUT2D eigenvalue weighted by atomic mass is 10.0. The van der Waals surface area contributed by atoms with Crippen molar-refractivity contribution in [3.63, 3.8) is 0 Å². The molecule has 0 amide bonds. The van der Waals surface area contributed by atoms with E-state index >= 15 is 0 Å². The Balaban J connectivity index is 2.05. The average Bonchev–Trinajstić information content (AvgIpc) is 2.89. The van der Waals surface area contributed by atoms with Crippen molar-refractivity contribution in [3.8, 4) is 5.75 Å². The van der Waals surface area contributed by atoms with E-state index in [9.17, 15) is 9.90 Å². The van der Waals surface area contributed by atoms with Crippen LogP contribution in [0.5, 0.6) is 5.75 Å². The molecule has 144 valence electrons. The van der Waals surface area contributed by atoms with E-state index < -0.39 is 0 Å². The lowest BCUT2D eigenvalue weighted by Crippen LogP contribution is -2.00. The number of ketones is 1. The van der Waals surface area contributed by atoms with Crippen molar-refractivity contribution in [2.24, 2.45) is 0 Å². The molecule has 0 unspecified atom stereocenters. The van der Waals surface area contributed by atoms with Crippen LogP contribution in [0, 0.1) is 6.92 Å². The summed E-state index contributed by atoms with van der Waals surface area (Å²) in [6.07, 6.45) is 16.6. The number of Topliss-reactive ketones (excluding diaryl/α,β-unsaturated/α-hetero) is 1. The lowest BCUT2D eigenvalue weighted by molar-refractivity contribution is 0.0975. The second-order valence-electron chi connectivity index (χ2n) is 7.22. The third kappa shape index (κ3) is 8.11. The number of aryl methyl sites for hydroxylation is 2. The summed E-state index contributed by atoms with van der Waals surface area (Å²) in [7, 11) is 0. The summed E-state index contributed by atoms with van der Waals surface area (Å²) in [5, 5.41) is 10.1. The summed E-state index contributed by atoms with van der Waals surface area (Å²) in [5.41, 5.74) is 0.403. The van der Waals surface area contributed by atoms with Gasteiger partial charge in [0, 0.05) is 12.8 Å². The monoisotopic (exact) mass is 350 g/mol. The van der Waals surface area contributed by atoms with Crippen LogP contribution in [0.2, 0.25) is 0 Å². The van der Waals surface area contributed by atoms with Crippen LogP contribution in [0.15, 0.2) is 4.42 Å². The highest BCUT2D eigenvalue weighted by molar-refractivity contribution is 5.99. The molecular formula is C22H38O3. The van der Waals surface area contributed by atoms with Crippen molar-refractivity contribution in [3.05, 3.63) is 17.1 Å². The molecule has 3 nitrogen and oxygen atoms in total. The minimum atomic E-state index is 0.0190. The molecule has 0 saturated heterocycles. The van der Waals surface area contributed by atoms with E-state index in [-0.39, 0.29) is 11.5 Å². The van der Waals surface area contributed by atoms with E-state index in [1.165, 1.54) is 64.2 Å². The Morgan fingerprint density at radius 2 is 1.32 bits per heavy atom. The zero-order valence-electron chi connectivity index (χ0n) is 16.7. The summed E-state index contributed by atoms with van der Waals surface area (Å²) in [4.78, 5) is 12.3. The lowest BCUT2D eigenvalue weighted by Gasteiger charge is -2.03. The van der Waals surface area contributed by atoms with E-state index in [0.29, 0.717) is 29.9 Å². The first-order chi connectivity index (χ1) is 12.1. The van der Waals surface area contributed by atoms with Crippen LogP contribution in [-0.4, -0.2) is 10.9 Å². The van der Waals surface area contributed by atoms with Gasteiger partial charge in [0.05, 0.1) is 0 Å². The van der Waals surface area contributed by atoms with Gasteiger partial charge in [-0.3, -0.25) is 4.79 Å². The molecule has 0 saturated carbocycles. The van der Waals surface area contributed by atoms with Gasteiger partial charge < -0.3 is 9.52 Å². The van der Waals surface area contributed by atoms with Crippen LogP contribution in [0.3, 0.4) is 0 Å². The zero-order chi connectivity index (χ0) is 18.5. The van der Waals surface area contributed by atoms with Gasteiger partial charge in [-0.25, -0.2) is 0 Å². The Labute approximate surface area is 154 Å². The van der Waals surface area contributed by atoms with Crippen molar-refractivity contribution in [2.75, 3.05) is 0 Å². The molecule has 1 rings (SSSR count). The van der Waals surface area contributed by atoms with Crippen LogP contribution in [0.4, 0.5) is 0 Å². The van der Waals surface area contributed by atoms with E-state index in [2.05, 4.69) is 6.92 Å². The zero-order valence-corrected chi connectivity index (χ0v) is 16.7. The van der Waals surface area contributed by atoms with Crippen molar-refractivity contribution in [1.29, 1.82) is 0 Å². The smallest absolute Gasteiger partial charge is 0.170 e. The standard InChI is InChI=1S/C22H38O3/c1-4-6-7-8-9-10-11-12-13-14-15-16-17-19(23)21-18(3)25-20(5-2)22(21)24/h24H,4-17H2,1-3H3. The molecule has 0 aliphatic rings. The van der Waals surface area contributed by atoms with Gasteiger partial charge in [0.1, 0.15) is 17.1 Å². The number of aromatic hydroxyl groups is 1. The Kier molecular flexibility index (Phi) is 11.3. The summed E-state index contributed by atoms with van der Waals surface area (Å²) in [5.74, 6) is 1.16. The van der Waals surface area contributed by atoms with Crippen LogP contribution >= 0.6 is 0 Å². The summed E-state index contributed by atoms with van der Waals surface area (Å²) >= 11 is 0. The van der Waals surface area contributed by atoms with Crippen LogP contribution in [0.1, 0.15) is 119 Å². The molecule has 0 aliphatic carbocycles. The summed E-state index contributed by atoms with van der Waals surface area (Å²) in [6.45, 7) is 5.93. The first kappa shape index (κ1) is 21.8. The summed E-state index contributed by atoms with van der Waals surface area (Å²) < 4.78 is 5.46. The van der Waals surface area contributed by atoms with E-state index in [0.717, 1.165) is 12.8 Å². The fourth-order valence-electron chi connectivity index (χ4n) is 3.41. The van der Waals surface area contributed by atoms with Gasteiger partial charge >= 0.3 is 0 Å². The number of unbranched alkanes of at least 4 members (excludes halogenated alkanes) is 11. The summed E-state index contributed by atoms with van der Waals surface area (Å²) in [6, 6.07) is 0. The van der Waals surface area contributed by atoms with Crippen molar-refractivity contribution in [1.82, 2.24) is 0 Å². The maximum atomic E-state index is 12.3. The number of hydrogen-bond donors (Lipinski definition) is 1. The molecule has 0 fully saturated rings. The van der Waals surface area contributed by atoms with Crippen molar-refractivity contribution in [2.45, 2.75) is 111 Å². The Hall–Kier alpha value is -1.25. The second-order valence-corrected chi connectivity index (χ2v) is 7.22. The van der Waals surface area contributed by atoms with Gasteiger partial charge in [0.15, 0.2) is 11.5 Å². The molecule has 0 radical (unpaired) electrons. The number of furan rings is 1. The molecule has 1 heterocycles. The Morgan fingerprint density at radius 3 is 1.76 bits per heavy atom. The van der Waals surface area contributed by atoms with Gasteiger partial charge in [0.25, 0.3) is 0 Å². The maximum absolute atomic E-state index is 12.3. The van der Waals surface area contributed by atoms with Crippen LogP contribution < -0.4 is 0 Å². The van der Waals surface area contributed by atoms with E-state index in [1.807, 2.05) is 6.92 Å². The molecular weight excluding hydrogens is 312 g/mol. The predicted octanol–water partition coefficient (Wildman–Crippen LogP) is 7.13. The van der Waals surface area contributed by atoms with Gasteiger partial charge in [-0.1, -0.05) is 84.5 Å². The third-order valence-corrected chi connectivity index (χ3v) is 4.99. The highest BCUT2D eigenvalue weighted by Gasteiger charge is 2.21. The van der Waals surface area contributed by atoms with Crippen LogP contribution in [-0.2, 0) is 6.42 Å². The normalized spacial score (nSPS) is 11.2. The molecule has 0 aromatic carbocycles. The molecule has 3 heteroatoms. The number of hydrogen-bond acceptors (Lipinski definition) is 3. The van der Waals surface area contributed by atoms with Gasteiger partial charge in [-0.2, -0.15) is 0 Å². The first-order valence-electron chi connectivity index (χ1n) is 10.5. The third-order valence-electron chi connectivity index (χ3n) is 4.99. The molecule has 0 aliphatic heterocycles. The fourth-order valence-corrected chi connectivity index (χ4v) is 3.41. The number of carbonyl (C=O) groups excluding carboxylic acids is 1. The van der Waals surface area contributed by atoms with Crippen molar-refractivity contribution >= 4 is 5.78 Å². The average molecular weight is 351 g/mol. The number of carbonyl (C=O) groups is 1. The van der Waals surface area contributed by atoms with E-state index in [4.69, 9.17) is 4.42 Å². The highest BCUT2D eigenvalue weighted by atomic mass is 16.4. The maximum Gasteiger partial charge on any atom is 0.170 e. The van der Waals surface area contributed by atoms with Gasteiger partial charge in [0.2, 0.25) is 0 Å². The first-order valence-corrected chi connectivity index (χ1v) is 10.5. The second kappa shape index (κ2) is 13.0. The molecule has 1 aromatic rings.